The summed E-state index contributed by atoms with van der Waals surface area (Å²) in [5.74, 6) is -0.119. The van der Waals surface area contributed by atoms with Crippen molar-refractivity contribution >= 4 is 17.6 Å². The van der Waals surface area contributed by atoms with Crippen LogP contribution in [0.1, 0.15) is 50.3 Å². The van der Waals surface area contributed by atoms with Gasteiger partial charge in [0.2, 0.25) is 0 Å². The highest BCUT2D eigenvalue weighted by Gasteiger charge is 2.59. The van der Waals surface area contributed by atoms with E-state index in [4.69, 9.17) is 16.3 Å². The van der Waals surface area contributed by atoms with E-state index in [-0.39, 0.29) is 35.4 Å². The molecule has 2 saturated heterocycles. The average molecular weight is 535 g/mol. The smallest absolute Gasteiger partial charge is 0.311 e. The summed E-state index contributed by atoms with van der Waals surface area (Å²) in [5, 5.41) is 12.4. The first-order valence-corrected chi connectivity index (χ1v) is 14.6. The fraction of sp³-hybridized carbons (Fsp3) is 0.531. The Hall–Kier alpha value is -2.18. The van der Waals surface area contributed by atoms with Crippen LogP contribution in [0.3, 0.4) is 0 Å². The Morgan fingerprint density at radius 1 is 1.05 bits per heavy atom. The number of hydrogen-bond donors (Lipinski definition) is 1. The molecule has 38 heavy (non-hydrogen) atoms. The van der Waals surface area contributed by atoms with Gasteiger partial charge in [-0.05, 0) is 42.0 Å². The molecule has 5 nitrogen and oxygen atoms in total. The number of nitrogens with zero attached hydrogens (tertiary/aromatic N) is 2. The van der Waals surface area contributed by atoms with Gasteiger partial charge in [0.1, 0.15) is 6.10 Å². The van der Waals surface area contributed by atoms with E-state index in [1.807, 2.05) is 12.1 Å². The number of allylic oxidation sites excluding steroid dienone is 1. The number of ether oxygens (including phenoxy) is 1. The van der Waals surface area contributed by atoms with E-state index >= 15 is 0 Å². The quantitative estimate of drug-likeness (QED) is 0.415. The molecule has 0 spiro atoms. The number of esters is 1. The normalized spacial score (nSPS) is 34.7. The lowest BCUT2D eigenvalue weighted by atomic mass is 9.55. The second kappa shape index (κ2) is 10.4. The topological polar surface area (TPSA) is 53.0 Å². The molecule has 0 bridgehead atoms. The Labute approximate surface area is 231 Å². The lowest BCUT2D eigenvalue weighted by molar-refractivity contribution is -0.145. The minimum absolute atomic E-state index is 0.125. The molecular weight excluding hydrogens is 496 g/mol. The van der Waals surface area contributed by atoms with Gasteiger partial charge in [0, 0.05) is 55.5 Å². The predicted octanol–water partition coefficient (Wildman–Crippen LogP) is 5.33. The summed E-state index contributed by atoms with van der Waals surface area (Å²) in [7, 11) is 0. The lowest BCUT2D eigenvalue weighted by Gasteiger charge is -2.52. The Bertz CT molecular complexity index is 1180. The summed E-state index contributed by atoms with van der Waals surface area (Å²) in [5.41, 5.74) is 3.54. The fourth-order valence-electron chi connectivity index (χ4n) is 7.65. The van der Waals surface area contributed by atoms with Crippen molar-refractivity contribution in [1.29, 1.82) is 0 Å². The molecule has 2 heterocycles. The van der Waals surface area contributed by atoms with Crippen molar-refractivity contribution in [3.8, 4) is 0 Å². The van der Waals surface area contributed by atoms with Gasteiger partial charge in [0.15, 0.2) is 0 Å². The van der Waals surface area contributed by atoms with E-state index in [2.05, 4.69) is 72.2 Å². The van der Waals surface area contributed by atoms with Crippen molar-refractivity contribution in [2.75, 3.05) is 32.7 Å². The van der Waals surface area contributed by atoms with Crippen LogP contribution in [0.4, 0.5) is 0 Å². The first-order valence-electron chi connectivity index (χ1n) is 14.2. The molecule has 4 aliphatic rings. The molecular formula is C32H39ClN2O3. The van der Waals surface area contributed by atoms with Gasteiger partial charge in [0.05, 0.1) is 18.1 Å². The number of benzene rings is 2. The van der Waals surface area contributed by atoms with E-state index < -0.39 is 6.10 Å². The first kappa shape index (κ1) is 26.1. The third-order valence-corrected chi connectivity index (χ3v) is 10.4. The van der Waals surface area contributed by atoms with Crippen LogP contribution in [0.2, 0.25) is 5.02 Å². The van der Waals surface area contributed by atoms with Crippen molar-refractivity contribution in [3.05, 3.63) is 82.4 Å². The largest absolute Gasteiger partial charge is 0.461 e. The van der Waals surface area contributed by atoms with Crippen LogP contribution in [0, 0.1) is 23.2 Å². The molecule has 202 valence electrons. The number of aliphatic hydroxyl groups excluding tert-OH is 1. The molecule has 6 heteroatoms. The standard InChI is InChI=1S/C32H39ClN2O3/c1-21-7-6-10-24-19-27-28(30(36)32(21,24)2)26(31(37)38-27)20-34-15-17-35(18-16-34)29(22-8-4-3-5-9-22)23-11-13-25(33)14-12-23/h3-5,8-14,21,26-30,36H,6-7,15-20H2,1-2H3/t21-,26+,27+,28-,29-,30+,32+/m0/s1. The van der Waals surface area contributed by atoms with Gasteiger partial charge in [-0.25, -0.2) is 0 Å². The number of carbonyl (C=O) groups is 1. The molecule has 0 unspecified atom stereocenters. The number of hydrogen-bond acceptors (Lipinski definition) is 5. The number of piperazine rings is 1. The average Bonchev–Trinajstić information content (AvgIpc) is 3.23. The van der Waals surface area contributed by atoms with Crippen LogP contribution >= 0.6 is 11.6 Å². The molecule has 0 aromatic heterocycles. The molecule has 2 aliphatic heterocycles. The summed E-state index contributed by atoms with van der Waals surface area (Å²) < 4.78 is 5.92. The zero-order chi connectivity index (χ0) is 26.4. The maximum atomic E-state index is 13.1. The molecule has 0 amide bonds. The van der Waals surface area contributed by atoms with Crippen molar-refractivity contribution in [2.45, 2.75) is 51.4 Å². The molecule has 2 aromatic rings. The van der Waals surface area contributed by atoms with Crippen molar-refractivity contribution in [2.24, 2.45) is 23.2 Å². The zero-order valence-corrected chi connectivity index (χ0v) is 23.2. The molecule has 2 aliphatic carbocycles. The number of halogens is 1. The molecule has 3 fully saturated rings. The molecule has 2 aromatic carbocycles. The zero-order valence-electron chi connectivity index (χ0n) is 22.4. The third-order valence-electron chi connectivity index (χ3n) is 10.1. The summed E-state index contributed by atoms with van der Waals surface area (Å²) in [6.45, 7) is 8.70. The molecule has 7 atom stereocenters. The molecule has 6 rings (SSSR count). The Balaban J connectivity index is 1.16. The Morgan fingerprint density at radius 3 is 2.45 bits per heavy atom. The van der Waals surface area contributed by atoms with Crippen molar-refractivity contribution < 1.29 is 14.6 Å². The molecule has 1 N–H and O–H groups in total. The SMILES string of the molecule is C[C@H]1CCC=C2C[C@H]3OC(=O)[C@H](CN4CCN([C@@H](c5ccccc5)c5ccc(Cl)cc5)CC4)[C@@H]3[C@@H](O)[C@@]21C. The lowest BCUT2D eigenvalue weighted by Crippen LogP contribution is -2.55. The Kier molecular flexibility index (Phi) is 7.15. The van der Waals surface area contributed by atoms with Gasteiger partial charge >= 0.3 is 5.97 Å². The summed E-state index contributed by atoms with van der Waals surface area (Å²) in [6.07, 6.45) is 4.47. The van der Waals surface area contributed by atoms with Gasteiger partial charge in [0.25, 0.3) is 0 Å². The van der Waals surface area contributed by atoms with E-state index in [0.717, 1.165) is 50.5 Å². The van der Waals surface area contributed by atoms with E-state index in [1.54, 1.807) is 0 Å². The highest BCUT2D eigenvalue weighted by molar-refractivity contribution is 6.30. The second-order valence-corrected chi connectivity index (χ2v) is 12.4. The van der Waals surface area contributed by atoms with Crippen LogP contribution in [-0.4, -0.2) is 65.8 Å². The highest BCUT2D eigenvalue weighted by atomic mass is 35.5. The second-order valence-electron chi connectivity index (χ2n) is 12.0. The van der Waals surface area contributed by atoms with Crippen LogP contribution in [0.15, 0.2) is 66.2 Å². The van der Waals surface area contributed by atoms with Gasteiger partial charge in [-0.2, -0.15) is 0 Å². The first-order chi connectivity index (χ1) is 18.4. The molecule has 1 saturated carbocycles. The van der Waals surface area contributed by atoms with E-state index in [1.165, 1.54) is 16.7 Å². The van der Waals surface area contributed by atoms with Gasteiger partial charge in [-0.15, -0.1) is 0 Å². The number of rotatable bonds is 5. The predicted molar refractivity (Wildman–Crippen MR) is 150 cm³/mol. The van der Waals surface area contributed by atoms with Crippen molar-refractivity contribution in [1.82, 2.24) is 9.80 Å². The minimum atomic E-state index is -0.548. The van der Waals surface area contributed by atoms with Crippen LogP contribution < -0.4 is 0 Å². The number of carbonyl (C=O) groups excluding carboxylic acids is 1. The molecule has 0 radical (unpaired) electrons. The minimum Gasteiger partial charge on any atom is -0.461 e. The van der Waals surface area contributed by atoms with E-state index in [9.17, 15) is 9.90 Å². The fourth-order valence-corrected chi connectivity index (χ4v) is 7.78. The number of fused-ring (bicyclic) bond motifs is 2. The van der Waals surface area contributed by atoms with Gasteiger partial charge in [-0.1, -0.05) is 79.6 Å². The maximum absolute atomic E-state index is 13.1. The Morgan fingerprint density at radius 2 is 1.74 bits per heavy atom. The van der Waals surface area contributed by atoms with E-state index in [0.29, 0.717) is 12.5 Å². The van der Waals surface area contributed by atoms with Crippen LogP contribution in [-0.2, 0) is 9.53 Å². The summed E-state index contributed by atoms with van der Waals surface area (Å²) in [6, 6.07) is 19.0. The third kappa shape index (κ3) is 4.52. The van der Waals surface area contributed by atoms with Gasteiger partial charge < -0.3 is 9.84 Å². The highest BCUT2D eigenvalue weighted by Crippen LogP contribution is 2.56. The summed E-state index contributed by atoms with van der Waals surface area (Å²) >= 11 is 6.19. The monoisotopic (exact) mass is 534 g/mol. The van der Waals surface area contributed by atoms with Gasteiger partial charge in [-0.3, -0.25) is 14.6 Å². The van der Waals surface area contributed by atoms with Crippen molar-refractivity contribution in [3.63, 3.8) is 0 Å². The maximum Gasteiger partial charge on any atom is 0.311 e. The van der Waals surface area contributed by atoms with Crippen LogP contribution in [0.25, 0.3) is 0 Å². The number of aliphatic hydroxyl groups is 1. The summed E-state index contributed by atoms with van der Waals surface area (Å²) in [4.78, 5) is 18.1. The van der Waals surface area contributed by atoms with Crippen LogP contribution in [0.5, 0.6) is 0 Å².